The van der Waals surface area contributed by atoms with Crippen LogP contribution in [0.5, 0.6) is 11.5 Å². The molecule has 142 valence electrons. The van der Waals surface area contributed by atoms with E-state index in [1.807, 2.05) is 18.2 Å². The van der Waals surface area contributed by atoms with E-state index in [-0.39, 0.29) is 5.91 Å². The summed E-state index contributed by atoms with van der Waals surface area (Å²) in [6.07, 6.45) is 8.12. The smallest absolute Gasteiger partial charge is 0.221 e. The van der Waals surface area contributed by atoms with Crippen LogP contribution >= 0.6 is 11.8 Å². The van der Waals surface area contributed by atoms with E-state index in [1.165, 1.54) is 32.1 Å². The third kappa shape index (κ3) is 4.46. The number of fused-ring (bicyclic) bond motifs is 1. The lowest BCUT2D eigenvalue weighted by atomic mass is 9.85. The Morgan fingerprint density at radius 3 is 2.58 bits per heavy atom. The molecule has 2 aliphatic carbocycles. The molecule has 2 fully saturated rings. The maximum absolute atomic E-state index is 12.3. The van der Waals surface area contributed by atoms with Gasteiger partial charge in [0.2, 0.25) is 5.91 Å². The number of rotatable bonds is 7. The largest absolute Gasteiger partial charge is 0.486 e. The first-order chi connectivity index (χ1) is 12.8. The quantitative estimate of drug-likeness (QED) is 0.716. The molecule has 1 aromatic rings. The average Bonchev–Trinajstić information content (AvgIpc) is 3.17. The molecule has 5 nitrogen and oxygen atoms in total. The van der Waals surface area contributed by atoms with E-state index in [2.05, 4.69) is 10.6 Å². The molecule has 3 aliphatic rings. The van der Waals surface area contributed by atoms with Crippen LogP contribution in [0.1, 0.15) is 44.9 Å². The Bertz CT molecular complexity index is 633. The minimum absolute atomic E-state index is 0.165. The molecule has 0 radical (unpaired) electrons. The van der Waals surface area contributed by atoms with Gasteiger partial charge in [0, 0.05) is 35.2 Å². The highest BCUT2D eigenvalue weighted by Gasteiger charge is 2.33. The van der Waals surface area contributed by atoms with Crippen molar-refractivity contribution in [3.63, 3.8) is 0 Å². The van der Waals surface area contributed by atoms with Crippen molar-refractivity contribution < 1.29 is 14.3 Å². The molecule has 2 unspecified atom stereocenters. The SMILES string of the molecule is O=C(CCSc1ccc2c(c1)OCCO2)NC1CCC1NC1CCCC1. The highest BCUT2D eigenvalue weighted by Crippen LogP contribution is 2.34. The summed E-state index contributed by atoms with van der Waals surface area (Å²) in [4.78, 5) is 13.4. The molecule has 0 saturated heterocycles. The zero-order valence-corrected chi connectivity index (χ0v) is 16.0. The van der Waals surface area contributed by atoms with Crippen LogP contribution in [-0.4, -0.2) is 43.0 Å². The predicted octanol–water partition coefficient (Wildman–Crippen LogP) is 3.12. The van der Waals surface area contributed by atoms with Crippen molar-refractivity contribution in [2.75, 3.05) is 19.0 Å². The van der Waals surface area contributed by atoms with Gasteiger partial charge in [0.15, 0.2) is 11.5 Å². The molecule has 1 aliphatic heterocycles. The first-order valence-corrected chi connectivity index (χ1v) is 10.8. The van der Waals surface area contributed by atoms with Gasteiger partial charge in [-0.1, -0.05) is 12.8 Å². The second-order valence-corrected chi connectivity index (χ2v) is 8.58. The predicted molar refractivity (Wildman–Crippen MR) is 103 cm³/mol. The standard InChI is InChI=1S/C20H28N2O3S/c23-20(22-17-7-6-16(17)21-14-3-1-2-4-14)9-12-26-15-5-8-18-19(13-15)25-11-10-24-18/h5,8,13-14,16-17,21H,1-4,6-7,9-12H2,(H,22,23). The molecule has 1 heterocycles. The third-order valence-electron chi connectivity index (χ3n) is 5.54. The summed E-state index contributed by atoms with van der Waals surface area (Å²) in [5.74, 6) is 2.56. The Labute approximate surface area is 159 Å². The van der Waals surface area contributed by atoms with Crippen LogP contribution in [0, 0.1) is 0 Å². The molecule has 2 saturated carbocycles. The summed E-state index contributed by atoms with van der Waals surface area (Å²) in [6.45, 7) is 1.21. The number of thioether (sulfide) groups is 1. The minimum atomic E-state index is 0.165. The molecule has 1 amide bonds. The lowest BCUT2D eigenvalue weighted by Gasteiger charge is -2.39. The topological polar surface area (TPSA) is 59.6 Å². The van der Waals surface area contributed by atoms with Gasteiger partial charge in [-0.05, 0) is 43.9 Å². The van der Waals surface area contributed by atoms with E-state index in [1.54, 1.807) is 11.8 Å². The Balaban J connectivity index is 1.17. The van der Waals surface area contributed by atoms with E-state index in [4.69, 9.17) is 9.47 Å². The van der Waals surface area contributed by atoms with Gasteiger partial charge in [-0.3, -0.25) is 4.79 Å². The minimum Gasteiger partial charge on any atom is -0.486 e. The number of hydrogen-bond acceptors (Lipinski definition) is 5. The molecule has 4 rings (SSSR count). The Morgan fingerprint density at radius 2 is 1.81 bits per heavy atom. The number of carbonyl (C=O) groups excluding carboxylic acids is 1. The molecular weight excluding hydrogens is 348 g/mol. The Morgan fingerprint density at radius 1 is 1.04 bits per heavy atom. The van der Waals surface area contributed by atoms with E-state index in [0.717, 1.165) is 28.6 Å². The molecular formula is C20H28N2O3S. The summed E-state index contributed by atoms with van der Waals surface area (Å²) in [6, 6.07) is 7.46. The summed E-state index contributed by atoms with van der Waals surface area (Å²) >= 11 is 1.69. The number of benzene rings is 1. The summed E-state index contributed by atoms with van der Waals surface area (Å²) < 4.78 is 11.1. The Hall–Kier alpha value is -1.40. The van der Waals surface area contributed by atoms with Crippen LogP contribution in [0.4, 0.5) is 0 Å². The number of amides is 1. The molecule has 0 bridgehead atoms. The van der Waals surface area contributed by atoms with Gasteiger partial charge in [-0.15, -0.1) is 11.8 Å². The monoisotopic (exact) mass is 376 g/mol. The number of nitrogens with one attached hydrogen (secondary N) is 2. The van der Waals surface area contributed by atoms with Crippen LogP contribution in [0.15, 0.2) is 23.1 Å². The fraction of sp³-hybridized carbons (Fsp3) is 0.650. The van der Waals surface area contributed by atoms with Crippen LogP contribution in [-0.2, 0) is 4.79 Å². The third-order valence-corrected chi connectivity index (χ3v) is 6.53. The van der Waals surface area contributed by atoms with Crippen molar-refractivity contribution >= 4 is 17.7 Å². The van der Waals surface area contributed by atoms with Gasteiger partial charge in [-0.25, -0.2) is 0 Å². The van der Waals surface area contributed by atoms with E-state index < -0.39 is 0 Å². The van der Waals surface area contributed by atoms with Crippen molar-refractivity contribution in [1.82, 2.24) is 10.6 Å². The second-order valence-electron chi connectivity index (χ2n) is 7.41. The molecule has 2 N–H and O–H groups in total. The summed E-state index contributed by atoms with van der Waals surface area (Å²) in [5.41, 5.74) is 0. The normalized spacial score (nSPS) is 24.9. The highest BCUT2D eigenvalue weighted by atomic mass is 32.2. The summed E-state index contributed by atoms with van der Waals surface area (Å²) in [5, 5.41) is 6.95. The van der Waals surface area contributed by atoms with Crippen molar-refractivity contribution in [2.45, 2.75) is 68.0 Å². The second kappa shape index (κ2) is 8.53. The molecule has 0 spiro atoms. The molecule has 2 atom stereocenters. The highest BCUT2D eigenvalue weighted by molar-refractivity contribution is 7.99. The maximum atomic E-state index is 12.3. The first-order valence-electron chi connectivity index (χ1n) is 9.86. The van der Waals surface area contributed by atoms with Crippen LogP contribution in [0.2, 0.25) is 0 Å². The van der Waals surface area contributed by atoms with Gasteiger partial charge < -0.3 is 20.1 Å². The lowest BCUT2D eigenvalue weighted by molar-refractivity contribution is -0.122. The number of ether oxygens (including phenoxy) is 2. The van der Waals surface area contributed by atoms with Crippen LogP contribution in [0.25, 0.3) is 0 Å². The van der Waals surface area contributed by atoms with E-state index in [9.17, 15) is 4.79 Å². The maximum Gasteiger partial charge on any atom is 0.221 e. The van der Waals surface area contributed by atoms with Gasteiger partial charge in [0.1, 0.15) is 13.2 Å². The molecule has 26 heavy (non-hydrogen) atoms. The van der Waals surface area contributed by atoms with Gasteiger partial charge in [0.05, 0.1) is 0 Å². The zero-order valence-electron chi connectivity index (χ0n) is 15.2. The van der Waals surface area contributed by atoms with E-state index in [0.29, 0.717) is 37.8 Å². The number of carbonyl (C=O) groups is 1. The van der Waals surface area contributed by atoms with Crippen molar-refractivity contribution in [3.05, 3.63) is 18.2 Å². The molecule has 6 heteroatoms. The van der Waals surface area contributed by atoms with E-state index >= 15 is 0 Å². The van der Waals surface area contributed by atoms with Gasteiger partial charge in [-0.2, -0.15) is 0 Å². The first kappa shape index (κ1) is 18.0. The number of hydrogen-bond donors (Lipinski definition) is 2. The summed E-state index contributed by atoms with van der Waals surface area (Å²) in [7, 11) is 0. The molecule has 0 aromatic heterocycles. The lowest BCUT2D eigenvalue weighted by Crippen LogP contribution is -2.58. The van der Waals surface area contributed by atoms with Crippen molar-refractivity contribution in [3.8, 4) is 11.5 Å². The van der Waals surface area contributed by atoms with Crippen LogP contribution < -0.4 is 20.1 Å². The fourth-order valence-electron chi connectivity index (χ4n) is 3.92. The van der Waals surface area contributed by atoms with Crippen molar-refractivity contribution in [1.29, 1.82) is 0 Å². The molecule has 1 aromatic carbocycles. The van der Waals surface area contributed by atoms with Crippen molar-refractivity contribution in [2.24, 2.45) is 0 Å². The van der Waals surface area contributed by atoms with Gasteiger partial charge >= 0.3 is 0 Å². The van der Waals surface area contributed by atoms with Gasteiger partial charge in [0.25, 0.3) is 0 Å². The Kier molecular flexibility index (Phi) is 5.90. The zero-order chi connectivity index (χ0) is 17.8. The average molecular weight is 377 g/mol. The van der Waals surface area contributed by atoms with Crippen LogP contribution in [0.3, 0.4) is 0 Å². The fourth-order valence-corrected chi connectivity index (χ4v) is 4.80.